The first-order valence-corrected chi connectivity index (χ1v) is 8.74. The van der Waals surface area contributed by atoms with Crippen molar-refractivity contribution >= 4 is 46.6 Å². The zero-order valence-electron chi connectivity index (χ0n) is 13.1. The average molecular weight is 399 g/mol. The molecule has 0 bridgehead atoms. The molecule has 1 saturated heterocycles. The zero-order valence-corrected chi connectivity index (χ0v) is 15.4. The molecule has 0 N–H and O–H groups in total. The van der Waals surface area contributed by atoms with E-state index in [-0.39, 0.29) is 22.1 Å². The number of nitrogens with zero attached hydrogens (tertiary/aromatic N) is 3. The van der Waals surface area contributed by atoms with Crippen LogP contribution in [0.25, 0.3) is 0 Å². The Morgan fingerprint density at radius 1 is 0.800 bits per heavy atom. The molecule has 1 fully saturated rings. The van der Waals surface area contributed by atoms with Crippen molar-refractivity contribution in [1.29, 1.82) is 0 Å². The minimum Gasteiger partial charge on any atom is -0.335 e. The fourth-order valence-corrected chi connectivity index (χ4v) is 3.34. The molecule has 130 valence electrons. The molecule has 0 atom stereocenters. The molecule has 8 heteroatoms. The van der Waals surface area contributed by atoms with Gasteiger partial charge in [0.2, 0.25) is 0 Å². The standard InChI is InChI=1S/C17H14Cl3N3O2/c18-13-3-1-2-11(8-13)16(24)22-4-6-23(7-5-22)17(25)12-9-14(19)21-15(20)10-12/h1-3,8-10H,4-7H2. The average Bonchev–Trinajstić information content (AvgIpc) is 2.60. The molecule has 0 aliphatic carbocycles. The number of carbonyl (C=O) groups is 2. The fourth-order valence-electron chi connectivity index (χ4n) is 2.69. The number of halogens is 3. The van der Waals surface area contributed by atoms with E-state index in [1.807, 2.05) is 0 Å². The van der Waals surface area contributed by atoms with E-state index in [0.29, 0.717) is 42.3 Å². The van der Waals surface area contributed by atoms with Gasteiger partial charge in [0.1, 0.15) is 10.3 Å². The summed E-state index contributed by atoms with van der Waals surface area (Å²) in [6.07, 6.45) is 0. The molecule has 2 heterocycles. The van der Waals surface area contributed by atoms with Crippen molar-refractivity contribution in [2.24, 2.45) is 0 Å². The van der Waals surface area contributed by atoms with E-state index in [1.165, 1.54) is 12.1 Å². The quantitative estimate of drug-likeness (QED) is 0.726. The second kappa shape index (κ2) is 7.60. The minimum atomic E-state index is -0.180. The van der Waals surface area contributed by atoms with Crippen LogP contribution >= 0.6 is 34.8 Å². The molecular formula is C17H14Cl3N3O2. The first kappa shape index (κ1) is 18.0. The first-order valence-electron chi connectivity index (χ1n) is 7.61. The van der Waals surface area contributed by atoms with E-state index < -0.39 is 0 Å². The van der Waals surface area contributed by atoms with Crippen LogP contribution in [0.15, 0.2) is 36.4 Å². The Hall–Kier alpha value is -1.82. The van der Waals surface area contributed by atoms with Crippen molar-refractivity contribution in [3.63, 3.8) is 0 Å². The maximum absolute atomic E-state index is 12.6. The molecule has 0 unspecified atom stereocenters. The van der Waals surface area contributed by atoms with E-state index >= 15 is 0 Å². The largest absolute Gasteiger partial charge is 0.335 e. The van der Waals surface area contributed by atoms with Crippen LogP contribution in [0.5, 0.6) is 0 Å². The predicted octanol–water partition coefficient (Wildman–Crippen LogP) is 3.64. The van der Waals surface area contributed by atoms with Crippen LogP contribution < -0.4 is 0 Å². The van der Waals surface area contributed by atoms with Gasteiger partial charge in [-0.1, -0.05) is 40.9 Å². The maximum atomic E-state index is 12.6. The van der Waals surface area contributed by atoms with Gasteiger partial charge in [-0.05, 0) is 30.3 Å². The number of aromatic nitrogens is 1. The number of benzene rings is 1. The zero-order chi connectivity index (χ0) is 18.0. The molecule has 5 nitrogen and oxygen atoms in total. The first-order chi connectivity index (χ1) is 11.9. The fraction of sp³-hybridized carbons (Fsp3) is 0.235. The monoisotopic (exact) mass is 397 g/mol. The van der Waals surface area contributed by atoms with Crippen molar-refractivity contribution in [2.75, 3.05) is 26.2 Å². The summed E-state index contributed by atoms with van der Waals surface area (Å²) < 4.78 is 0. The van der Waals surface area contributed by atoms with Crippen LogP contribution in [0, 0.1) is 0 Å². The van der Waals surface area contributed by atoms with Crippen LogP contribution in [-0.4, -0.2) is 52.8 Å². The molecular weight excluding hydrogens is 385 g/mol. The Morgan fingerprint density at radius 2 is 1.32 bits per heavy atom. The molecule has 3 rings (SSSR count). The Morgan fingerprint density at radius 3 is 1.84 bits per heavy atom. The number of pyridine rings is 1. The molecule has 0 saturated carbocycles. The highest BCUT2D eigenvalue weighted by molar-refractivity contribution is 6.33. The van der Waals surface area contributed by atoms with E-state index in [4.69, 9.17) is 34.8 Å². The highest BCUT2D eigenvalue weighted by atomic mass is 35.5. The highest BCUT2D eigenvalue weighted by Crippen LogP contribution is 2.18. The van der Waals surface area contributed by atoms with Crippen LogP contribution in [0.1, 0.15) is 20.7 Å². The van der Waals surface area contributed by atoms with E-state index in [9.17, 15) is 9.59 Å². The van der Waals surface area contributed by atoms with Gasteiger partial charge in [0.25, 0.3) is 11.8 Å². The lowest BCUT2D eigenvalue weighted by molar-refractivity contribution is 0.0535. The SMILES string of the molecule is O=C(c1cccc(Cl)c1)N1CCN(C(=O)c2cc(Cl)nc(Cl)c2)CC1. The Labute approximate surface area is 160 Å². The van der Waals surface area contributed by atoms with Gasteiger partial charge in [-0.3, -0.25) is 9.59 Å². The summed E-state index contributed by atoms with van der Waals surface area (Å²) in [6, 6.07) is 9.81. The van der Waals surface area contributed by atoms with Crippen molar-refractivity contribution in [1.82, 2.24) is 14.8 Å². The molecule has 1 aliphatic heterocycles. The number of carbonyl (C=O) groups excluding carboxylic acids is 2. The van der Waals surface area contributed by atoms with Gasteiger partial charge < -0.3 is 9.80 Å². The third-order valence-corrected chi connectivity index (χ3v) is 4.56. The number of hydrogen-bond acceptors (Lipinski definition) is 3. The van der Waals surface area contributed by atoms with Gasteiger partial charge in [0.15, 0.2) is 0 Å². The van der Waals surface area contributed by atoms with Crippen molar-refractivity contribution < 1.29 is 9.59 Å². The molecule has 0 radical (unpaired) electrons. The molecule has 25 heavy (non-hydrogen) atoms. The van der Waals surface area contributed by atoms with Gasteiger partial charge in [0.05, 0.1) is 0 Å². The highest BCUT2D eigenvalue weighted by Gasteiger charge is 2.26. The third kappa shape index (κ3) is 4.24. The number of rotatable bonds is 2. The molecule has 2 aromatic rings. The minimum absolute atomic E-state index is 0.0930. The smallest absolute Gasteiger partial charge is 0.254 e. The summed E-state index contributed by atoms with van der Waals surface area (Å²) in [5, 5.41) is 0.863. The van der Waals surface area contributed by atoms with Crippen LogP contribution in [0.4, 0.5) is 0 Å². The maximum Gasteiger partial charge on any atom is 0.254 e. The van der Waals surface area contributed by atoms with Gasteiger partial charge in [-0.2, -0.15) is 0 Å². The molecule has 1 aromatic carbocycles. The van der Waals surface area contributed by atoms with E-state index in [0.717, 1.165) is 0 Å². The van der Waals surface area contributed by atoms with Crippen LogP contribution in [-0.2, 0) is 0 Å². The summed E-state index contributed by atoms with van der Waals surface area (Å²) in [6.45, 7) is 1.76. The van der Waals surface area contributed by atoms with Crippen molar-refractivity contribution in [2.45, 2.75) is 0 Å². The Kier molecular flexibility index (Phi) is 5.47. The summed E-state index contributed by atoms with van der Waals surface area (Å²) >= 11 is 17.6. The second-order valence-electron chi connectivity index (χ2n) is 5.60. The number of hydrogen-bond donors (Lipinski definition) is 0. The topological polar surface area (TPSA) is 53.5 Å². The third-order valence-electron chi connectivity index (χ3n) is 3.94. The lowest BCUT2D eigenvalue weighted by atomic mass is 10.1. The number of piperazine rings is 1. The lowest BCUT2D eigenvalue weighted by Gasteiger charge is -2.35. The van der Waals surface area contributed by atoms with Crippen LogP contribution in [0.2, 0.25) is 15.3 Å². The molecule has 1 aromatic heterocycles. The van der Waals surface area contributed by atoms with Crippen LogP contribution in [0.3, 0.4) is 0 Å². The lowest BCUT2D eigenvalue weighted by Crippen LogP contribution is -2.50. The summed E-state index contributed by atoms with van der Waals surface area (Å²) in [5.41, 5.74) is 0.930. The second-order valence-corrected chi connectivity index (χ2v) is 6.81. The normalized spacial score (nSPS) is 14.5. The van der Waals surface area contributed by atoms with Gasteiger partial charge in [0, 0.05) is 42.3 Å². The number of amides is 2. The summed E-state index contributed by atoms with van der Waals surface area (Å²) in [7, 11) is 0. The molecule has 1 aliphatic rings. The van der Waals surface area contributed by atoms with E-state index in [2.05, 4.69) is 4.98 Å². The van der Waals surface area contributed by atoms with Gasteiger partial charge in [-0.15, -0.1) is 0 Å². The van der Waals surface area contributed by atoms with Gasteiger partial charge in [-0.25, -0.2) is 4.98 Å². The molecule has 0 spiro atoms. The van der Waals surface area contributed by atoms with Gasteiger partial charge >= 0.3 is 0 Å². The predicted molar refractivity (Wildman–Crippen MR) is 97.5 cm³/mol. The summed E-state index contributed by atoms with van der Waals surface area (Å²) in [5.74, 6) is -0.273. The Balaban J connectivity index is 1.65. The van der Waals surface area contributed by atoms with E-state index in [1.54, 1.807) is 34.1 Å². The Bertz CT molecular complexity index is 800. The van der Waals surface area contributed by atoms with Crippen molar-refractivity contribution in [3.05, 3.63) is 62.9 Å². The molecule has 2 amide bonds. The summed E-state index contributed by atoms with van der Waals surface area (Å²) in [4.78, 5) is 32.3. The van der Waals surface area contributed by atoms with Crippen molar-refractivity contribution in [3.8, 4) is 0 Å².